The summed E-state index contributed by atoms with van der Waals surface area (Å²) in [4.78, 5) is 0. The molecule has 0 aliphatic carbocycles. The number of hydrogen-bond acceptors (Lipinski definition) is 0. The van der Waals surface area contributed by atoms with Gasteiger partial charge in [0.1, 0.15) is 0 Å². The molecule has 4 heteroatoms. The zero-order valence-electron chi connectivity index (χ0n) is 9.87. The van der Waals surface area contributed by atoms with Crippen LogP contribution in [0.4, 0.5) is 0 Å². The van der Waals surface area contributed by atoms with Crippen molar-refractivity contribution in [3.05, 3.63) is 0 Å². The molecule has 0 fully saturated rings. The molecule has 0 aromatic carbocycles. The Morgan fingerprint density at radius 1 is 0.857 bits per heavy atom. The summed E-state index contributed by atoms with van der Waals surface area (Å²) in [5, 5.41) is 0. The third-order valence-electron chi connectivity index (χ3n) is 2.91. The first-order valence-electron chi connectivity index (χ1n) is 4.97. The molecule has 0 radical (unpaired) electrons. The Bertz CT molecular complexity index is 186. The van der Waals surface area contributed by atoms with E-state index >= 15 is 0 Å². The first-order valence-corrected chi connectivity index (χ1v) is 12.5. The molecule has 0 aliphatic rings. The molecule has 0 N–H and O–H groups in total. The minimum absolute atomic E-state index is 0.705. The summed E-state index contributed by atoms with van der Waals surface area (Å²) in [6.07, 6.45) is 0. The Kier molecular flexibility index (Phi) is 6.97. The van der Waals surface area contributed by atoms with Crippen LogP contribution in [0.15, 0.2) is 0 Å². The van der Waals surface area contributed by atoms with Crippen LogP contribution < -0.4 is 0 Å². The van der Waals surface area contributed by atoms with Gasteiger partial charge in [-0.05, 0) is 0 Å². The fourth-order valence-electron chi connectivity index (χ4n) is 2.22. The Balaban J connectivity index is 5.28. The summed E-state index contributed by atoms with van der Waals surface area (Å²) in [7, 11) is 11.1. The number of rotatable bonds is 4. The van der Waals surface area contributed by atoms with Crippen LogP contribution in [0.1, 0.15) is 41.5 Å². The fraction of sp³-hybridized carbons (Fsp3) is 0.900. The summed E-state index contributed by atoms with van der Waals surface area (Å²) in [6, 6.07) is 0. The van der Waals surface area contributed by atoms with E-state index in [2.05, 4.69) is 45.9 Å². The quantitative estimate of drug-likeness (QED) is 0.501. The Hall–Kier alpha value is 1.50. The summed E-state index contributed by atoms with van der Waals surface area (Å²) in [5.41, 5.74) is 2.11. The molecule has 0 nitrogen and oxygen atoms in total. The van der Waals surface area contributed by atoms with Crippen molar-refractivity contribution in [2.75, 3.05) is 0 Å². The van der Waals surface area contributed by atoms with Gasteiger partial charge in [-0.3, -0.25) is 0 Å². The molecule has 0 amide bonds. The molecule has 0 bridgehead atoms. The molecule has 0 unspecified atom stereocenters. The second-order valence-electron chi connectivity index (χ2n) is 4.47. The zero-order valence-corrected chi connectivity index (χ0v) is 14.0. The van der Waals surface area contributed by atoms with E-state index in [1.807, 2.05) is 0 Å². The van der Waals surface area contributed by atoms with Crippen LogP contribution in [0.25, 0.3) is 0 Å². The van der Waals surface area contributed by atoms with Gasteiger partial charge in [0, 0.05) is 0 Å². The van der Waals surface area contributed by atoms with Crippen LogP contribution >= 0.6 is 26.6 Å². The van der Waals surface area contributed by atoms with Gasteiger partial charge in [-0.15, -0.1) is 0 Å². The van der Waals surface area contributed by atoms with Gasteiger partial charge in [-0.2, -0.15) is 0 Å². The van der Waals surface area contributed by atoms with Crippen molar-refractivity contribution in [3.8, 4) is 0 Å². The van der Waals surface area contributed by atoms with E-state index in [9.17, 15) is 0 Å². The Morgan fingerprint density at radius 3 is 1.21 bits per heavy atom. The first kappa shape index (κ1) is 15.5. The van der Waals surface area contributed by atoms with Crippen molar-refractivity contribution < 1.29 is 13.5 Å². The van der Waals surface area contributed by atoms with Gasteiger partial charge >= 0.3 is 103 Å². The fourth-order valence-corrected chi connectivity index (χ4v) is 17.3. The predicted molar refractivity (Wildman–Crippen MR) is 70.1 cm³/mol. The van der Waals surface area contributed by atoms with Crippen molar-refractivity contribution in [3.63, 3.8) is 0 Å². The molecule has 0 aliphatic heterocycles. The van der Waals surface area contributed by atoms with Gasteiger partial charge in [0.15, 0.2) is 0 Å². The summed E-state index contributed by atoms with van der Waals surface area (Å²) >= 11 is -1.64. The van der Waals surface area contributed by atoms with Gasteiger partial charge in [0.25, 0.3) is 0 Å². The second kappa shape index (κ2) is 6.29. The van der Waals surface area contributed by atoms with Crippen LogP contribution in [0.5, 0.6) is 0 Å². The average molecular weight is 345 g/mol. The zero-order chi connectivity index (χ0) is 11.5. The van der Waals surface area contributed by atoms with E-state index in [1.165, 1.54) is 0 Å². The maximum absolute atomic E-state index is 6.08. The van der Waals surface area contributed by atoms with E-state index in [0.717, 1.165) is 0 Å². The molecule has 0 aromatic heterocycles. The summed E-state index contributed by atoms with van der Waals surface area (Å²) in [5.74, 6) is 0. The Labute approximate surface area is 103 Å². The third-order valence-corrected chi connectivity index (χ3v) is 14.5. The SMILES string of the molecule is CC(C)[P+]([CH]=[Ru]([Cl])[Cl])(C(C)C)C(C)C. The molecule has 14 heavy (non-hydrogen) atoms. The van der Waals surface area contributed by atoms with E-state index in [1.54, 1.807) is 0 Å². The van der Waals surface area contributed by atoms with Crippen LogP contribution in [-0.2, 0) is 13.5 Å². The van der Waals surface area contributed by atoms with Crippen molar-refractivity contribution >= 4 is 31.0 Å². The standard InChI is InChI=1S/C10H22P.2ClH.Ru/c1-8(2)11(7,9(3)4)10(5)6;;;/h7-10H,1-6H3;2*1H;/q+1;;;+2/p-2. The van der Waals surface area contributed by atoms with E-state index in [-0.39, 0.29) is 0 Å². The average Bonchev–Trinajstić information content (AvgIpc) is 1.97. The molecule has 88 valence electrons. The summed E-state index contributed by atoms with van der Waals surface area (Å²) < 4.78 is 2.36. The molecule has 0 rings (SSSR count). The van der Waals surface area contributed by atoms with Crippen LogP contribution in [0, 0.1) is 0 Å². The van der Waals surface area contributed by atoms with Crippen molar-refractivity contribution in [1.82, 2.24) is 0 Å². The Morgan fingerprint density at radius 2 is 1.14 bits per heavy atom. The topological polar surface area (TPSA) is 0 Å². The predicted octanol–water partition coefficient (Wildman–Crippen LogP) is 4.91. The van der Waals surface area contributed by atoms with Crippen molar-refractivity contribution in [2.45, 2.75) is 58.5 Å². The first-order chi connectivity index (χ1) is 6.25. The number of hydrogen-bond donors (Lipinski definition) is 0. The molecule has 0 atom stereocenters. The molecular weight excluding hydrogens is 323 g/mol. The molecule has 0 heterocycles. The van der Waals surface area contributed by atoms with Gasteiger partial charge in [-0.1, -0.05) is 0 Å². The van der Waals surface area contributed by atoms with Gasteiger partial charge in [-0.25, -0.2) is 0 Å². The van der Waals surface area contributed by atoms with Gasteiger partial charge in [0.05, 0.1) is 0 Å². The van der Waals surface area contributed by atoms with E-state index in [0.29, 0.717) is 17.0 Å². The molecule has 0 spiro atoms. The summed E-state index contributed by atoms with van der Waals surface area (Å²) in [6.45, 7) is 13.9. The minimum atomic E-state index is -1.64. The van der Waals surface area contributed by atoms with Crippen LogP contribution in [0.2, 0.25) is 0 Å². The maximum atomic E-state index is 6.08. The molecule has 0 saturated carbocycles. The second-order valence-corrected chi connectivity index (χ2v) is 16.1. The van der Waals surface area contributed by atoms with Gasteiger partial charge < -0.3 is 0 Å². The van der Waals surface area contributed by atoms with E-state index < -0.39 is 20.8 Å². The monoisotopic (exact) mass is 345 g/mol. The normalized spacial score (nSPS) is 14.1. The molecular formula is C10H22Cl2PRu+. The van der Waals surface area contributed by atoms with Crippen LogP contribution in [-0.4, -0.2) is 21.3 Å². The van der Waals surface area contributed by atoms with Crippen molar-refractivity contribution in [2.24, 2.45) is 0 Å². The molecule has 0 saturated heterocycles. The van der Waals surface area contributed by atoms with E-state index in [4.69, 9.17) is 19.4 Å². The van der Waals surface area contributed by atoms with Crippen LogP contribution in [0.3, 0.4) is 0 Å². The van der Waals surface area contributed by atoms with Gasteiger partial charge in [0.2, 0.25) is 0 Å². The number of halogens is 2. The third kappa shape index (κ3) is 3.52. The molecule has 0 aromatic rings. The van der Waals surface area contributed by atoms with Crippen molar-refractivity contribution in [1.29, 1.82) is 0 Å².